The van der Waals surface area contributed by atoms with Crippen LogP contribution in [0.2, 0.25) is 5.02 Å². The van der Waals surface area contributed by atoms with Gasteiger partial charge in [0.15, 0.2) is 0 Å². The molecule has 0 heterocycles. The van der Waals surface area contributed by atoms with Crippen molar-refractivity contribution in [2.45, 2.75) is 11.1 Å². The Kier molecular flexibility index (Phi) is 8.31. The topological polar surface area (TPSA) is 116 Å². The molecular weight excluding hydrogens is 569 g/mol. The van der Waals surface area contributed by atoms with E-state index >= 15 is 0 Å². The monoisotopic (exact) mass is 590 g/mol. The smallest absolute Gasteiger partial charge is 0.322 e. The summed E-state index contributed by atoms with van der Waals surface area (Å²) < 4.78 is 93.1. The van der Waals surface area contributed by atoms with E-state index in [9.17, 15) is 34.8 Å². The average Bonchev–Trinajstić information content (AvgIpc) is 2.84. The first-order valence-corrected chi connectivity index (χ1v) is 13.9. The summed E-state index contributed by atoms with van der Waals surface area (Å²) in [6.45, 7) is 0. The molecule has 0 bridgehead atoms. The van der Waals surface area contributed by atoms with Crippen LogP contribution in [0.5, 0.6) is 0 Å². The maximum Gasteiger partial charge on any atom is 0.417 e. The molecule has 0 saturated heterocycles. The molecule has 3 rings (SSSR count). The van der Waals surface area contributed by atoms with Crippen LogP contribution in [0.1, 0.15) is 15.9 Å². The molecule has 2 N–H and O–H groups in total. The lowest BCUT2D eigenvalue weighted by Crippen LogP contribution is -2.37. The lowest BCUT2D eigenvalue weighted by Gasteiger charge is -2.23. The van der Waals surface area contributed by atoms with Crippen molar-refractivity contribution in [1.29, 1.82) is 0 Å². The fourth-order valence-electron chi connectivity index (χ4n) is 3.14. The first kappa shape index (κ1) is 29.2. The van der Waals surface area contributed by atoms with Crippen molar-refractivity contribution in [3.63, 3.8) is 0 Å². The van der Waals surface area contributed by atoms with Crippen molar-refractivity contribution in [3.8, 4) is 0 Å². The van der Waals surface area contributed by atoms with Crippen molar-refractivity contribution in [3.05, 3.63) is 82.9 Å². The van der Waals surface area contributed by atoms with Gasteiger partial charge in [0.05, 0.1) is 21.2 Å². The molecule has 0 fully saturated rings. The second-order valence-corrected chi connectivity index (χ2v) is 12.3. The Balaban J connectivity index is 1.71. The lowest BCUT2D eigenvalue weighted by molar-refractivity contribution is -0.137. The number of carbonyl (C=O) groups is 1. The van der Waals surface area contributed by atoms with Gasteiger partial charge >= 0.3 is 16.4 Å². The highest BCUT2D eigenvalue weighted by molar-refractivity contribution is 7.92. The molecule has 1 amide bonds. The highest BCUT2D eigenvalue weighted by Crippen LogP contribution is 2.36. The Morgan fingerprint density at radius 1 is 0.842 bits per heavy atom. The molecule has 0 atom stereocenters. The first-order chi connectivity index (χ1) is 17.5. The van der Waals surface area contributed by atoms with Crippen molar-refractivity contribution < 1.29 is 34.8 Å². The number of anilines is 3. The summed E-state index contributed by atoms with van der Waals surface area (Å²) in [4.78, 5) is 12.3. The van der Waals surface area contributed by atoms with Gasteiger partial charge in [-0.15, -0.1) is 0 Å². The van der Waals surface area contributed by atoms with E-state index < -0.39 is 42.9 Å². The zero-order chi connectivity index (χ0) is 28.5. The molecule has 9 nitrogen and oxygen atoms in total. The molecule has 0 radical (unpaired) electrons. The van der Waals surface area contributed by atoms with E-state index in [0.29, 0.717) is 11.8 Å². The minimum Gasteiger partial charge on any atom is -0.322 e. The number of nitrogens with one attached hydrogen (secondary N) is 2. The van der Waals surface area contributed by atoms with Gasteiger partial charge in [-0.3, -0.25) is 13.8 Å². The molecule has 0 spiro atoms. The number of hydrogen-bond donors (Lipinski definition) is 2. The molecule has 204 valence electrons. The van der Waals surface area contributed by atoms with Crippen LogP contribution in [-0.4, -0.2) is 48.2 Å². The summed E-state index contributed by atoms with van der Waals surface area (Å²) in [5.41, 5.74) is -0.717. The van der Waals surface area contributed by atoms with Crippen LogP contribution in [0.4, 0.5) is 30.2 Å². The summed E-state index contributed by atoms with van der Waals surface area (Å²) >= 11 is 5.56. The normalized spacial score (nSPS) is 12.3. The van der Waals surface area contributed by atoms with E-state index in [1.165, 1.54) is 69.7 Å². The highest BCUT2D eigenvalue weighted by atomic mass is 35.5. The van der Waals surface area contributed by atoms with E-state index in [1.807, 2.05) is 0 Å². The highest BCUT2D eigenvalue weighted by Gasteiger charge is 2.33. The van der Waals surface area contributed by atoms with E-state index in [2.05, 4.69) is 10.0 Å². The van der Waals surface area contributed by atoms with Crippen LogP contribution in [0.25, 0.3) is 0 Å². The number of halogens is 4. The second kappa shape index (κ2) is 10.8. The fraction of sp³-hybridized carbons (Fsp3) is 0.174. The van der Waals surface area contributed by atoms with E-state index in [-0.39, 0.29) is 21.8 Å². The molecule has 3 aromatic rings. The SMILES string of the molecule is CN(C)S(=O)(=O)N(C)c1ccc(C(=O)Nc2ccc(S(=O)(=O)Nc3ccc(Cl)c(C(F)(F)F)c3)cc2)cc1. The summed E-state index contributed by atoms with van der Waals surface area (Å²) in [6.07, 6.45) is -4.77. The van der Waals surface area contributed by atoms with Crippen LogP contribution in [-0.2, 0) is 26.4 Å². The van der Waals surface area contributed by atoms with Crippen LogP contribution < -0.4 is 14.3 Å². The molecule has 3 aromatic carbocycles. The van der Waals surface area contributed by atoms with Gasteiger partial charge in [0.2, 0.25) is 0 Å². The molecule has 0 unspecified atom stereocenters. The Labute approximate surface area is 223 Å². The largest absolute Gasteiger partial charge is 0.417 e. The van der Waals surface area contributed by atoms with Gasteiger partial charge in [-0.05, 0) is 66.7 Å². The van der Waals surface area contributed by atoms with E-state index in [4.69, 9.17) is 11.6 Å². The summed E-state index contributed by atoms with van der Waals surface area (Å²) in [7, 11) is -3.80. The van der Waals surface area contributed by atoms with Crippen LogP contribution in [0, 0.1) is 0 Å². The van der Waals surface area contributed by atoms with Gasteiger partial charge in [0.25, 0.3) is 15.9 Å². The zero-order valence-electron chi connectivity index (χ0n) is 20.1. The third-order valence-electron chi connectivity index (χ3n) is 5.25. The number of nitrogens with zero attached hydrogens (tertiary/aromatic N) is 2. The van der Waals surface area contributed by atoms with Gasteiger partial charge in [0.1, 0.15) is 0 Å². The van der Waals surface area contributed by atoms with Gasteiger partial charge in [-0.1, -0.05) is 11.6 Å². The maximum atomic E-state index is 13.1. The van der Waals surface area contributed by atoms with Gasteiger partial charge in [0, 0.05) is 38.1 Å². The Morgan fingerprint density at radius 2 is 1.39 bits per heavy atom. The molecule has 0 aromatic heterocycles. The molecule has 0 aliphatic rings. The molecule has 0 aliphatic heterocycles. The first-order valence-electron chi connectivity index (χ1n) is 10.6. The maximum absolute atomic E-state index is 13.1. The molecule has 0 saturated carbocycles. The van der Waals surface area contributed by atoms with Crippen molar-refractivity contribution in [1.82, 2.24) is 4.31 Å². The number of benzene rings is 3. The minimum atomic E-state index is -4.77. The second-order valence-electron chi connectivity index (χ2n) is 8.08. The van der Waals surface area contributed by atoms with E-state index in [0.717, 1.165) is 20.7 Å². The van der Waals surface area contributed by atoms with Crippen LogP contribution >= 0.6 is 11.6 Å². The van der Waals surface area contributed by atoms with Crippen molar-refractivity contribution in [2.75, 3.05) is 35.5 Å². The lowest BCUT2D eigenvalue weighted by atomic mass is 10.2. The summed E-state index contributed by atoms with van der Waals surface area (Å²) in [6, 6.07) is 13.3. The fourth-order valence-corrected chi connectivity index (χ4v) is 5.29. The number of alkyl halides is 3. The van der Waals surface area contributed by atoms with Gasteiger partial charge < -0.3 is 5.32 Å². The predicted octanol–water partition coefficient (Wildman–Crippen LogP) is 4.65. The van der Waals surface area contributed by atoms with Crippen LogP contribution in [0.15, 0.2) is 71.6 Å². The number of carbonyl (C=O) groups excluding carboxylic acids is 1. The molecular formula is C23H22ClF3N4O5S2. The standard InChI is InChI=1S/C23H22ClF3N4O5S2/c1-30(2)38(35,36)31(3)18-9-4-15(5-10-18)22(32)28-16-6-11-19(12-7-16)37(33,34)29-17-8-13-21(24)20(14-17)23(25,26)27/h4-14,29H,1-3H3,(H,28,32). The van der Waals surface area contributed by atoms with Gasteiger partial charge in [-0.2, -0.15) is 25.9 Å². The average molecular weight is 591 g/mol. The third kappa shape index (κ3) is 6.56. The number of hydrogen-bond acceptors (Lipinski definition) is 5. The predicted molar refractivity (Wildman–Crippen MR) is 139 cm³/mol. The van der Waals surface area contributed by atoms with Crippen LogP contribution in [0.3, 0.4) is 0 Å². The number of rotatable bonds is 8. The quantitative estimate of drug-likeness (QED) is 0.396. The summed E-state index contributed by atoms with van der Waals surface area (Å²) in [5, 5.41) is 2.01. The van der Waals surface area contributed by atoms with Gasteiger partial charge in [-0.25, -0.2) is 8.42 Å². The van der Waals surface area contributed by atoms with Crippen molar-refractivity contribution >= 4 is 54.8 Å². The molecule has 0 aliphatic carbocycles. The Morgan fingerprint density at radius 3 is 1.92 bits per heavy atom. The zero-order valence-corrected chi connectivity index (χ0v) is 22.5. The molecule has 38 heavy (non-hydrogen) atoms. The Hall–Kier alpha value is -3.33. The Bertz CT molecular complexity index is 1550. The minimum absolute atomic E-state index is 0.214. The molecule has 15 heteroatoms. The third-order valence-corrected chi connectivity index (χ3v) is 8.80. The summed E-state index contributed by atoms with van der Waals surface area (Å²) in [5.74, 6) is -0.538. The van der Waals surface area contributed by atoms with E-state index in [1.54, 1.807) is 0 Å². The number of sulfonamides is 1. The number of amides is 1. The van der Waals surface area contributed by atoms with Crippen molar-refractivity contribution in [2.24, 2.45) is 0 Å².